The minimum Gasteiger partial charge on any atom is -0.490 e. The molecule has 4 rings (SSSR count). The molecule has 0 radical (unpaired) electrons. The fourth-order valence-corrected chi connectivity index (χ4v) is 3.06. The molecule has 2 aliphatic rings. The summed E-state index contributed by atoms with van der Waals surface area (Å²) < 4.78 is 78.7. The molecule has 0 bridgehead atoms. The molecular weight excluding hydrogens is 451 g/mol. The number of halogens is 5. The molecule has 32 heavy (non-hydrogen) atoms. The van der Waals surface area contributed by atoms with Crippen molar-refractivity contribution in [2.24, 2.45) is 5.92 Å². The lowest BCUT2D eigenvalue weighted by molar-refractivity contribution is -0.137. The molecule has 1 atom stereocenters. The van der Waals surface area contributed by atoms with Gasteiger partial charge in [-0.3, -0.25) is 0 Å². The van der Waals surface area contributed by atoms with Gasteiger partial charge in [0.15, 0.2) is 17.9 Å². The van der Waals surface area contributed by atoms with Crippen molar-refractivity contribution in [3.05, 3.63) is 59.2 Å². The molecule has 3 nitrogen and oxygen atoms in total. The summed E-state index contributed by atoms with van der Waals surface area (Å²) >= 11 is 3.86. The van der Waals surface area contributed by atoms with Crippen molar-refractivity contribution in [2.45, 2.75) is 51.5 Å². The van der Waals surface area contributed by atoms with Crippen molar-refractivity contribution in [2.75, 3.05) is 19.8 Å². The number of benzene rings is 2. The van der Waals surface area contributed by atoms with Gasteiger partial charge in [0, 0.05) is 16.4 Å². The van der Waals surface area contributed by atoms with Crippen LogP contribution in [0.2, 0.25) is 0 Å². The quantitative estimate of drug-likeness (QED) is 0.354. The Bertz CT molecular complexity index is 807. The molecule has 2 aromatic carbocycles. The number of fused-ring (bicyclic) bond motifs is 1. The monoisotopic (exact) mass is 480 g/mol. The normalized spacial score (nSPS) is 17.4. The van der Waals surface area contributed by atoms with Crippen LogP contribution >= 0.6 is 12.6 Å². The largest absolute Gasteiger partial charge is 0.490 e. The Balaban J connectivity index is 0.000000297. The lowest BCUT2D eigenvalue weighted by Crippen LogP contribution is -2.33. The van der Waals surface area contributed by atoms with Crippen molar-refractivity contribution >= 4 is 12.6 Å². The third kappa shape index (κ3) is 7.94. The smallest absolute Gasteiger partial charge is 0.416 e. The molecule has 2 heterocycles. The van der Waals surface area contributed by atoms with Crippen LogP contribution in [0.25, 0.3) is 0 Å². The fraction of sp³-hybridized carbons (Fsp3) is 0.478. The van der Waals surface area contributed by atoms with Crippen LogP contribution in [0.1, 0.15) is 38.8 Å². The van der Waals surface area contributed by atoms with E-state index < -0.39 is 23.4 Å². The Kier molecular flexibility index (Phi) is 12.0. The number of hydrogen-bond donors (Lipinski definition) is 1. The first-order valence-corrected chi connectivity index (χ1v) is 10.9. The average molecular weight is 481 g/mol. The molecule has 0 saturated carbocycles. The summed E-state index contributed by atoms with van der Waals surface area (Å²) in [6, 6.07) is 6.83. The number of hydrogen-bond acceptors (Lipinski definition) is 4. The molecule has 0 amide bonds. The molecular formula is C23H29F5O3S. The first-order chi connectivity index (χ1) is 15.3. The van der Waals surface area contributed by atoms with Gasteiger partial charge >= 0.3 is 6.18 Å². The highest BCUT2D eigenvalue weighted by atomic mass is 32.1. The maximum atomic E-state index is 13.6. The highest BCUT2D eigenvalue weighted by Crippen LogP contribution is 2.34. The molecule has 1 unspecified atom stereocenters. The Morgan fingerprint density at radius 3 is 1.91 bits per heavy atom. The summed E-state index contributed by atoms with van der Waals surface area (Å²) in [4.78, 5) is 0.526. The number of alkyl halides is 3. The van der Waals surface area contributed by atoms with Crippen LogP contribution in [0.15, 0.2) is 41.3 Å². The van der Waals surface area contributed by atoms with E-state index in [2.05, 4.69) is 12.6 Å². The minimum absolute atomic E-state index is 0.0271. The van der Waals surface area contributed by atoms with Gasteiger partial charge in [-0.1, -0.05) is 27.7 Å². The zero-order valence-electron chi connectivity index (χ0n) is 18.5. The summed E-state index contributed by atoms with van der Waals surface area (Å²) in [5, 5.41) is 0. The second-order valence-corrected chi connectivity index (χ2v) is 6.78. The lowest BCUT2D eigenvalue weighted by Gasteiger charge is -2.28. The number of rotatable bonds is 1. The molecule has 1 fully saturated rings. The number of thiol groups is 1. The van der Waals surface area contributed by atoms with E-state index in [0.717, 1.165) is 24.3 Å². The summed E-state index contributed by atoms with van der Waals surface area (Å²) in [7, 11) is 0. The second kappa shape index (κ2) is 13.6. The maximum absolute atomic E-state index is 13.6. The molecule has 0 N–H and O–H groups in total. The zero-order valence-corrected chi connectivity index (χ0v) is 19.4. The van der Waals surface area contributed by atoms with E-state index >= 15 is 0 Å². The first-order valence-electron chi connectivity index (χ1n) is 10.4. The molecule has 180 valence electrons. The summed E-state index contributed by atoms with van der Waals surface area (Å²) in [5.41, 5.74) is -0.365. The molecule has 9 heteroatoms. The van der Waals surface area contributed by atoms with E-state index in [1.165, 1.54) is 12.1 Å². The van der Waals surface area contributed by atoms with Gasteiger partial charge in [0.05, 0.1) is 25.4 Å². The standard InChI is InChI=1S/C12H12F2O3.C7H5F3S.2C2H6/c13-9-1-2-10(14)11-8(9)5-7(6-17-11)12-15-3-4-16-12;8-7(9,10)5-1-3-6(11)4-2-5;2*1-2/h1-2,7,12H,3-6H2;1-4,11H;2*1-2H3. The zero-order chi connectivity index (χ0) is 24.3. The number of ether oxygens (including phenoxy) is 3. The van der Waals surface area contributed by atoms with E-state index in [1.807, 2.05) is 27.7 Å². The van der Waals surface area contributed by atoms with Crippen LogP contribution in [-0.4, -0.2) is 26.1 Å². The Morgan fingerprint density at radius 1 is 0.844 bits per heavy atom. The Morgan fingerprint density at radius 2 is 1.38 bits per heavy atom. The van der Waals surface area contributed by atoms with Gasteiger partial charge in [-0.25, -0.2) is 8.78 Å². The molecule has 1 saturated heterocycles. The van der Waals surface area contributed by atoms with Gasteiger partial charge in [-0.15, -0.1) is 12.6 Å². The van der Waals surface area contributed by atoms with Crippen LogP contribution in [0.4, 0.5) is 22.0 Å². The van der Waals surface area contributed by atoms with Crippen LogP contribution in [0.5, 0.6) is 5.75 Å². The Labute approximate surface area is 191 Å². The fourth-order valence-electron chi connectivity index (χ4n) is 2.91. The molecule has 0 spiro atoms. The first kappa shape index (κ1) is 28.2. The maximum Gasteiger partial charge on any atom is 0.416 e. The lowest BCUT2D eigenvalue weighted by atomic mass is 9.95. The van der Waals surface area contributed by atoms with E-state index in [4.69, 9.17) is 14.2 Å². The highest BCUT2D eigenvalue weighted by molar-refractivity contribution is 7.80. The SMILES string of the molecule is CC.CC.FC(F)(F)c1ccc(S)cc1.Fc1ccc(F)c2c1CC(C1OCCO1)CO2. The topological polar surface area (TPSA) is 27.7 Å². The van der Waals surface area contributed by atoms with Crippen molar-refractivity contribution in [1.82, 2.24) is 0 Å². The van der Waals surface area contributed by atoms with Crippen molar-refractivity contribution < 1.29 is 36.2 Å². The van der Waals surface area contributed by atoms with Gasteiger partial charge in [0.25, 0.3) is 0 Å². The van der Waals surface area contributed by atoms with Crippen molar-refractivity contribution in [3.63, 3.8) is 0 Å². The second-order valence-electron chi connectivity index (χ2n) is 6.27. The summed E-state index contributed by atoms with van der Waals surface area (Å²) in [6.07, 6.45) is -4.24. The highest BCUT2D eigenvalue weighted by Gasteiger charge is 2.34. The third-order valence-corrected chi connectivity index (χ3v) is 4.59. The predicted octanol–water partition coefficient (Wildman–Crippen LogP) is 6.94. The molecule has 0 aliphatic carbocycles. The average Bonchev–Trinajstić information content (AvgIpc) is 3.34. The minimum atomic E-state index is -4.25. The summed E-state index contributed by atoms with van der Waals surface area (Å²) in [6.45, 7) is 9.37. The van der Waals surface area contributed by atoms with Crippen LogP contribution in [-0.2, 0) is 22.1 Å². The third-order valence-electron chi connectivity index (χ3n) is 4.29. The molecule has 2 aliphatic heterocycles. The van der Waals surface area contributed by atoms with E-state index in [-0.39, 0.29) is 30.1 Å². The van der Waals surface area contributed by atoms with E-state index in [1.54, 1.807) is 0 Å². The predicted molar refractivity (Wildman–Crippen MR) is 116 cm³/mol. The van der Waals surface area contributed by atoms with Gasteiger partial charge in [0.2, 0.25) is 0 Å². The van der Waals surface area contributed by atoms with Gasteiger partial charge < -0.3 is 14.2 Å². The Hall–Kier alpha value is -1.84. The molecule has 2 aromatic rings. The van der Waals surface area contributed by atoms with Crippen LogP contribution in [0, 0.1) is 17.6 Å². The van der Waals surface area contributed by atoms with Crippen LogP contribution in [0.3, 0.4) is 0 Å². The van der Waals surface area contributed by atoms with Gasteiger partial charge in [-0.2, -0.15) is 13.2 Å². The van der Waals surface area contributed by atoms with Crippen molar-refractivity contribution in [1.29, 1.82) is 0 Å². The molecule has 0 aromatic heterocycles. The van der Waals surface area contributed by atoms with Crippen LogP contribution < -0.4 is 4.74 Å². The van der Waals surface area contributed by atoms with E-state index in [0.29, 0.717) is 24.5 Å². The van der Waals surface area contributed by atoms with E-state index in [9.17, 15) is 22.0 Å². The van der Waals surface area contributed by atoms with Gasteiger partial charge in [0.1, 0.15) is 5.82 Å². The van der Waals surface area contributed by atoms with Crippen molar-refractivity contribution in [3.8, 4) is 5.75 Å². The summed E-state index contributed by atoms with van der Waals surface area (Å²) in [5.74, 6) is -1.02. The van der Waals surface area contributed by atoms with Gasteiger partial charge in [-0.05, 0) is 42.8 Å².